The van der Waals surface area contributed by atoms with Gasteiger partial charge in [0.25, 0.3) is 0 Å². The molecule has 2 atom stereocenters. The van der Waals surface area contributed by atoms with Crippen molar-refractivity contribution in [3.05, 3.63) is 35.4 Å². The van der Waals surface area contributed by atoms with Crippen LogP contribution in [0.1, 0.15) is 37.3 Å². The molecule has 1 saturated carbocycles. The fourth-order valence-corrected chi connectivity index (χ4v) is 2.85. The molecular weight excluding hydrogens is 236 g/mol. The molecule has 19 heavy (non-hydrogen) atoms. The SMILES string of the molecule is CCc1ccc(CC(=O)NC2CCCC2CN)cc1. The molecule has 1 fully saturated rings. The molecule has 3 N–H and O–H groups in total. The van der Waals surface area contributed by atoms with Crippen LogP contribution in [0.4, 0.5) is 0 Å². The highest BCUT2D eigenvalue weighted by Gasteiger charge is 2.27. The first-order valence-electron chi connectivity index (χ1n) is 7.30. The van der Waals surface area contributed by atoms with E-state index in [1.807, 2.05) is 12.1 Å². The highest BCUT2D eigenvalue weighted by Crippen LogP contribution is 2.24. The second-order valence-corrected chi connectivity index (χ2v) is 5.45. The van der Waals surface area contributed by atoms with Crippen LogP contribution >= 0.6 is 0 Å². The van der Waals surface area contributed by atoms with Gasteiger partial charge in [-0.25, -0.2) is 0 Å². The maximum Gasteiger partial charge on any atom is 0.224 e. The highest BCUT2D eigenvalue weighted by atomic mass is 16.1. The van der Waals surface area contributed by atoms with Crippen LogP contribution in [0.3, 0.4) is 0 Å². The van der Waals surface area contributed by atoms with E-state index in [-0.39, 0.29) is 11.9 Å². The molecule has 3 nitrogen and oxygen atoms in total. The number of carbonyl (C=O) groups is 1. The second-order valence-electron chi connectivity index (χ2n) is 5.45. The molecule has 104 valence electrons. The largest absolute Gasteiger partial charge is 0.353 e. The third kappa shape index (κ3) is 3.80. The average molecular weight is 260 g/mol. The van der Waals surface area contributed by atoms with Gasteiger partial charge in [-0.2, -0.15) is 0 Å². The maximum atomic E-state index is 12.0. The first-order chi connectivity index (χ1) is 9.22. The fourth-order valence-electron chi connectivity index (χ4n) is 2.85. The van der Waals surface area contributed by atoms with E-state index in [2.05, 4.69) is 24.4 Å². The van der Waals surface area contributed by atoms with E-state index < -0.39 is 0 Å². The Bertz CT molecular complexity index is 413. The fraction of sp³-hybridized carbons (Fsp3) is 0.562. The third-order valence-electron chi connectivity index (χ3n) is 4.10. The van der Waals surface area contributed by atoms with Gasteiger partial charge in [-0.1, -0.05) is 37.6 Å². The van der Waals surface area contributed by atoms with Crippen LogP contribution in [-0.4, -0.2) is 18.5 Å². The standard InChI is InChI=1S/C16H24N2O/c1-2-12-6-8-13(9-7-12)10-16(19)18-15-5-3-4-14(15)11-17/h6-9,14-15H,2-5,10-11,17H2,1H3,(H,18,19). The van der Waals surface area contributed by atoms with E-state index in [4.69, 9.17) is 5.73 Å². The van der Waals surface area contributed by atoms with E-state index in [1.54, 1.807) is 0 Å². The van der Waals surface area contributed by atoms with E-state index in [1.165, 1.54) is 12.0 Å². The van der Waals surface area contributed by atoms with Gasteiger partial charge in [0.2, 0.25) is 5.91 Å². The van der Waals surface area contributed by atoms with Crippen molar-refractivity contribution in [3.8, 4) is 0 Å². The lowest BCUT2D eigenvalue weighted by Gasteiger charge is -2.19. The summed E-state index contributed by atoms with van der Waals surface area (Å²) >= 11 is 0. The van der Waals surface area contributed by atoms with Crippen LogP contribution in [-0.2, 0) is 17.6 Å². The molecule has 1 aromatic rings. The number of aryl methyl sites for hydroxylation is 1. The lowest BCUT2D eigenvalue weighted by molar-refractivity contribution is -0.121. The first kappa shape index (κ1) is 14.1. The molecular formula is C16H24N2O. The van der Waals surface area contributed by atoms with Crippen LogP contribution in [0.25, 0.3) is 0 Å². The van der Waals surface area contributed by atoms with Gasteiger partial charge in [-0.15, -0.1) is 0 Å². The molecule has 3 heteroatoms. The number of benzene rings is 1. The molecule has 0 bridgehead atoms. The van der Waals surface area contributed by atoms with Crippen LogP contribution in [0, 0.1) is 5.92 Å². The van der Waals surface area contributed by atoms with Gasteiger partial charge in [0.1, 0.15) is 0 Å². The van der Waals surface area contributed by atoms with Crippen molar-refractivity contribution < 1.29 is 4.79 Å². The summed E-state index contributed by atoms with van der Waals surface area (Å²) in [6.45, 7) is 2.81. The van der Waals surface area contributed by atoms with Crippen molar-refractivity contribution in [2.45, 2.75) is 45.1 Å². The van der Waals surface area contributed by atoms with Gasteiger partial charge in [-0.3, -0.25) is 4.79 Å². The minimum absolute atomic E-state index is 0.120. The van der Waals surface area contributed by atoms with Gasteiger partial charge in [0.05, 0.1) is 6.42 Å². The summed E-state index contributed by atoms with van der Waals surface area (Å²) in [7, 11) is 0. The van der Waals surface area contributed by atoms with Crippen LogP contribution < -0.4 is 11.1 Å². The Kier molecular flexibility index (Phi) is 4.97. The predicted molar refractivity (Wildman–Crippen MR) is 77.9 cm³/mol. The lowest BCUT2D eigenvalue weighted by atomic mass is 10.0. The minimum Gasteiger partial charge on any atom is -0.353 e. The Hall–Kier alpha value is -1.35. The average Bonchev–Trinajstić information content (AvgIpc) is 2.86. The summed E-state index contributed by atoms with van der Waals surface area (Å²) in [5.74, 6) is 0.584. The summed E-state index contributed by atoms with van der Waals surface area (Å²) in [5, 5.41) is 3.14. The number of hydrogen-bond donors (Lipinski definition) is 2. The Balaban J connectivity index is 1.86. The van der Waals surface area contributed by atoms with Crippen LogP contribution in [0.15, 0.2) is 24.3 Å². The third-order valence-corrected chi connectivity index (χ3v) is 4.10. The minimum atomic E-state index is 0.120. The number of hydrogen-bond acceptors (Lipinski definition) is 2. The van der Waals surface area contributed by atoms with Crippen molar-refractivity contribution in [2.75, 3.05) is 6.54 Å². The van der Waals surface area contributed by atoms with Gasteiger partial charge >= 0.3 is 0 Å². The smallest absolute Gasteiger partial charge is 0.224 e. The molecule has 0 spiro atoms. The molecule has 2 rings (SSSR count). The number of amides is 1. The summed E-state index contributed by atoms with van der Waals surface area (Å²) in [4.78, 5) is 12.0. The van der Waals surface area contributed by atoms with Crippen molar-refractivity contribution in [2.24, 2.45) is 11.7 Å². The Morgan fingerprint density at radius 3 is 2.58 bits per heavy atom. The molecule has 0 aromatic heterocycles. The molecule has 0 heterocycles. The number of nitrogens with one attached hydrogen (secondary N) is 1. The topological polar surface area (TPSA) is 55.1 Å². The number of nitrogens with two attached hydrogens (primary N) is 1. The molecule has 1 aromatic carbocycles. The predicted octanol–water partition coefficient (Wildman–Crippen LogP) is 2.04. The van der Waals surface area contributed by atoms with Gasteiger partial charge in [-0.05, 0) is 42.9 Å². The Morgan fingerprint density at radius 2 is 1.95 bits per heavy atom. The summed E-state index contributed by atoms with van der Waals surface area (Å²) in [5.41, 5.74) is 8.12. The maximum absolute atomic E-state index is 12.0. The Labute approximate surface area is 115 Å². The zero-order valence-electron chi connectivity index (χ0n) is 11.7. The summed E-state index contributed by atoms with van der Waals surface area (Å²) in [6.07, 6.45) is 4.90. The van der Waals surface area contributed by atoms with Gasteiger partial charge < -0.3 is 11.1 Å². The Morgan fingerprint density at radius 1 is 1.26 bits per heavy atom. The van der Waals surface area contributed by atoms with E-state index in [0.717, 1.165) is 24.8 Å². The van der Waals surface area contributed by atoms with Crippen molar-refractivity contribution >= 4 is 5.91 Å². The van der Waals surface area contributed by atoms with Crippen LogP contribution in [0.2, 0.25) is 0 Å². The van der Waals surface area contributed by atoms with Crippen molar-refractivity contribution in [3.63, 3.8) is 0 Å². The lowest BCUT2D eigenvalue weighted by Crippen LogP contribution is -2.40. The zero-order valence-corrected chi connectivity index (χ0v) is 11.7. The van der Waals surface area contributed by atoms with Crippen molar-refractivity contribution in [1.29, 1.82) is 0 Å². The van der Waals surface area contributed by atoms with E-state index >= 15 is 0 Å². The van der Waals surface area contributed by atoms with E-state index in [9.17, 15) is 4.79 Å². The van der Waals surface area contributed by atoms with Crippen LogP contribution in [0.5, 0.6) is 0 Å². The quantitative estimate of drug-likeness (QED) is 0.851. The number of carbonyl (C=O) groups excluding carboxylic acids is 1. The molecule has 2 unspecified atom stereocenters. The molecule has 0 saturated heterocycles. The summed E-state index contributed by atoms with van der Waals surface area (Å²) in [6, 6.07) is 8.58. The molecule has 1 aliphatic carbocycles. The van der Waals surface area contributed by atoms with Crippen molar-refractivity contribution in [1.82, 2.24) is 5.32 Å². The second kappa shape index (κ2) is 6.71. The van der Waals surface area contributed by atoms with Gasteiger partial charge in [0, 0.05) is 6.04 Å². The molecule has 0 aliphatic heterocycles. The van der Waals surface area contributed by atoms with Gasteiger partial charge in [0.15, 0.2) is 0 Å². The first-order valence-corrected chi connectivity index (χ1v) is 7.30. The normalized spacial score (nSPS) is 22.4. The zero-order chi connectivity index (χ0) is 13.7. The monoisotopic (exact) mass is 260 g/mol. The highest BCUT2D eigenvalue weighted by molar-refractivity contribution is 5.78. The van der Waals surface area contributed by atoms with E-state index in [0.29, 0.717) is 18.9 Å². The summed E-state index contributed by atoms with van der Waals surface area (Å²) < 4.78 is 0. The number of rotatable bonds is 5. The molecule has 1 aliphatic rings. The molecule has 0 radical (unpaired) electrons. The molecule has 1 amide bonds.